The summed E-state index contributed by atoms with van der Waals surface area (Å²) < 4.78 is 5.11. The standard InChI is InChI=1S/C12H13NO3.C5H9NO2/c14-11-7-6-10(13-11)8-16-12(15)9-4-2-1-3-5-9;7-3-4-1-2-5(8)6-4/h1-5,10H,6-8H2,(H,13,14);4,7H,1-3H2,(H,6,8)/t10-;4-/m00/s1. The van der Waals surface area contributed by atoms with Gasteiger partial charge in [-0.15, -0.1) is 0 Å². The molecule has 0 spiro atoms. The van der Waals surface area contributed by atoms with E-state index < -0.39 is 0 Å². The maximum Gasteiger partial charge on any atom is 0.338 e. The van der Waals surface area contributed by atoms with Gasteiger partial charge in [-0.25, -0.2) is 4.79 Å². The van der Waals surface area contributed by atoms with E-state index in [1.807, 2.05) is 6.07 Å². The Morgan fingerprint density at radius 3 is 2.08 bits per heavy atom. The lowest BCUT2D eigenvalue weighted by Crippen LogP contribution is -2.30. The van der Waals surface area contributed by atoms with E-state index in [-0.39, 0.29) is 43.1 Å². The Kier molecular flexibility index (Phi) is 6.74. The van der Waals surface area contributed by atoms with Crippen LogP contribution in [-0.4, -0.2) is 48.2 Å². The van der Waals surface area contributed by atoms with E-state index in [0.717, 1.165) is 12.8 Å². The predicted molar refractivity (Wildman–Crippen MR) is 86.1 cm³/mol. The average Bonchev–Trinajstić information content (AvgIpc) is 3.22. The number of esters is 1. The normalized spacial score (nSPS) is 22.2. The quantitative estimate of drug-likeness (QED) is 0.691. The molecule has 0 radical (unpaired) electrons. The van der Waals surface area contributed by atoms with Crippen LogP contribution in [0.3, 0.4) is 0 Å². The Morgan fingerprint density at radius 1 is 1.04 bits per heavy atom. The highest BCUT2D eigenvalue weighted by atomic mass is 16.5. The summed E-state index contributed by atoms with van der Waals surface area (Å²) in [5, 5.41) is 13.8. The number of amides is 2. The number of carbonyl (C=O) groups is 3. The first kappa shape index (κ1) is 17.9. The van der Waals surface area contributed by atoms with E-state index >= 15 is 0 Å². The highest BCUT2D eigenvalue weighted by Gasteiger charge is 2.22. The largest absolute Gasteiger partial charge is 0.460 e. The third-order valence-electron chi connectivity index (χ3n) is 3.82. The third kappa shape index (κ3) is 5.66. The van der Waals surface area contributed by atoms with Crippen molar-refractivity contribution in [1.82, 2.24) is 10.6 Å². The first-order valence-electron chi connectivity index (χ1n) is 8.00. The maximum atomic E-state index is 11.5. The number of ether oxygens (including phenoxy) is 1. The molecular formula is C17H22N2O5. The summed E-state index contributed by atoms with van der Waals surface area (Å²) >= 11 is 0. The maximum absolute atomic E-state index is 11.5. The van der Waals surface area contributed by atoms with Crippen molar-refractivity contribution in [3.63, 3.8) is 0 Å². The van der Waals surface area contributed by atoms with Gasteiger partial charge in [0, 0.05) is 12.8 Å². The van der Waals surface area contributed by atoms with Crippen molar-refractivity contribution >= 4 is 17.8 Å². The Labute approximate surface area is 140 Å². The van der Waals surface area contributed by atoms with Gasteiger partial charge in [0.1, 0.15) is 6.61 Å². The molecule has 130 valence electrons. The molecule has 7 heteroatoms. The van der Waals surface area contributed by atoms with Crippen LogP contribution in [0.5, 0.6) is 0 Å². The number of hydrogen-bond donors (Lipinski definition) is 3. The Hall–Kier alpha value is -2.41. The first-order valence-corrected chi connectivity index (χ1v) is 8.00. The first-order chi connectivity index (χ1) is 11.6. The molecule has 3 rings (SSSR count). The zero-order valence-corrected chi connectivity index (χ0v) is 13.4. The molecule has 0 aromatic heterocycles. The van der Waals surface area contributed by atoms with Crippen LogP contribution in [0.4, 0.5) is 0 Å². The van der Waals surface area contributed by atoms with E-state index in [1.165, 1.54) is 0 Å². The van der Waals surface area contributed by atoms with Crippen LogP contribution in [0.25, 0.3) is 0 Å². The fraction of sp³-hybridized carbons (Fsp3) is 0.471. The predicted octanol–water partition coefficient (Wildman–Crippen LogP) is 0.379. The second-order valence-electron chi connectivity index (χ2n) is 5.75. The molecule has 0 unspecified atom stereocenters. The van der Waals surface area contributed by atoms with Crippen LogP contribution in [-0.2, 0) is 14.3 Å². The molecule has 2 amide bonds. The van der Waals surface area contributed by atoms with Crippen molar-refractivity contribution in [3.05, 3.63) is 35.9 Å². The summed E-state index contributed by atoms with van der Waals surface area (Å²) in [7, 11) is 0. The van der Waals surface area contributed by atoms with Crippen molar-refractivity contribution in [2.75, 3.05) is 13.2 Å². The van der Waals surface area contributed by atoms with Gasteiger partial charge in [0.05, 0.1) is 24.3 Å². The fourth-order valence-electron chi connectivity index (χ4n) is 2.45. The van der Waals surface area contributed by atoms with E-state index in [0.29, 0.717) is 18.4 Å². The van der Waals surface area contributed by atoms with Crippen LogP contribution < -0.4 is 10.6 Å². The minimum Gasteiger partial charge on any atom is -0.460 e. The summed E-state index contributed by atoms with van der Waals surface area (Å²) in [6.07, 6.45) is 2.62. The van der Waals surface area contributed by atoms with E-state index in [2.05, 4.69) is 10.6 Å². The van der Waals surface area contributed by atoms with Gasteiger partial charge in [-0.05, 0) is 25.0 Å². The van der Waals surface area contributed by atoms with E-state index in [4.69, 9.17) is 9.84 Å². The Balaban J connectivity index is 0.000000219. The lowest BCUT2D eigenvalue weighted by molar-refractivity contribution is -0.120. The lowest BCUT2D eigenvalue weighted by Gasteiger charge is -2.10. The Morgan fingerprint density at radius 2 is 1.62 bits per heavy atom. The van der Waals surface area contributed by atoms with Crippen LogP contribution in [0.2, 0.25) is 0 Å². The summed E-state index contributed by atoms with van der Waals surface area (Å²) in [4.78, 5) is 32.9. The van der Waals surface area contributed by atoms with Gasteiger partial charge < -0.3 is 20.5 Å². The Bertz CT molecular complexity index is 576. The van der Waals surface area contributed by atoms with Gasteiger partial charge in [-0.1, -0.05) is 18.2 Å². The minimum absolute atomic E-state index is 0.0276. The topological polar surface area (TPSA) is 105 Å². The van der Waals surface area contributed by atoms with Crippen LogP contribution in [0, 0.1) is 0 Å². The smallest absolute Gasteiger partial charge is 0.338 e. The van der Waals surface area contributed by atoms with Crippen molar-refractivity contribution in [1.29, 1.82) is 0 Å². The SMILES string of the molecule is O=C1CC[C@@H](CO)N1.O=C1CC[C@@H](COC(=O)c2ccccc2)N1. The average molecular weight is 334 g/mol. The molecule has 2 aliphatic rings. The molecule has 1 aromatic carbocycles. The van der Waals surface area contributed by atoms with Gasteiger partial charge in [-0.3, -0.25) is 9.59 Å². The number of carbonyl (C=O) groups excluding carboxylic acids is 3. The summed E-state index contributed by atoms with van der Waals surface area (Å²) in [6, 6.07) is 8.82. The van der Waals surface area contributed by atoms with Crippen molar-refractivity contribution in [2.24, 2.45) is 0 Å². The molecule has 3 N–H and O–H groups in total. The summed E-state index contributed by atoms with van der Waals surface area (Å²) in [5.74, 6) is -0.258. The van der Waals surface area contributed by atoms with E-state index in [9.17, 15) is 14.4 Å². The molecule has 2 heterocycles. The van der Waals surface area contributed by atoms with Crippen LogP contribution in [0.15, 0.2) is 30.3 Å². The number of rotatable bonds is 4. The van der Waals surface area contributed by atoms with Gasteiger partial charge in [0.15, 0.2) is 0 Å². The van der Waals surface area contributed by atoms with Gasteiger partial charge in [-0.2, -0.15) is 0 Å². The summed E-state index contributed by atoms with van der Waals surface area (Å²) in [5.41, 5.74) is 0.534. The highest BCUT2D eigenvalue weighted by molar-refractivity contribution is 5.89. The van der Waals surface area contributed by atoms with Crippen LogP contribution >= 0.6 is 0 Å². The number of nitrogens with one attached hydrogen (secondary N) is 2. The van der Waals surface area contributed by atoms with Crippen LogP contribution in [0.1, 0.15) is 36.0 Å². The molecule has 2 atom stereocenters. The zero-order valence-electron chi connectivity index (χ0n) is 13.4. The van der Waals surface area contributed by atoms with Gasteiger partial charge in [0.2, 0.25) is 11.8 Å². The monoisotopic (exact) mass is 334 g/mol. The molecule has 0 bridgehead atoms. The molecule has 0 saturated carbocycles. The number of hydrogen-bond acceptors (Lipinski definition) is 5. The van der Waals surface area contributed by atoms with Crippen molar-refractivity contribution in [3.8, 4) is 0 Å². The third-order valence-corrected chi connectivity index (χ3v) is 3.82. The lowest BCUT2D eigenvalue weighted by atomic mass is 10.2. The van der Waals surface area contributed by atoms with Crippen molar-refractivity contribution < 1.29 is 24.2 Å². The molecule has 24 heavy (non-hydrogen) atoms. The van der Waals surface area contributed by atoms with Gasteiger partial charge in [0.25, 0.3) is 0 Å². The highest BCUT2D eigenvalue weighted by Crippen LogP contribution is 2.08. The van der Waals surface area contributed by atoms with Gasteiger partial charge >= 0.3 is 5.97 Å². The second kappa shape index (κ2) is 9.02. The second-order valence-corrected chi connectivity index (χ2v) is 5.75. The number of benzene rings is 1. The van der Waals surface area contributed by atoms with E-state index in [1.54, 1.807) is 24.3 Å². The molecule has 1 aromatic rings. The molecule has 2 aliphatic heterocycles. The number of aliphatic hydroxyl groups excluding tert-OH is 1. The van der Waals surface area contributed by atoms with Crippen molar-refractivity contribution in [2.45, 2.75) is 37.8 Å². The summed E-state index contributed by atoms with van der Waals surface area (Å²) in [6.45, 7) is 0.325. The minimum atomic E-state index is -0.346. The molecule has 0 aliphatic carbocycles. The molecule has 2 saturated heterocycles. The molecule has 7 nitrogen and oxygen atoms in total. The number of aliphatic hydroxyl groups is 1. The fourth-order valence-corrected chi connectivity index (χ4v) is 2.45. The molecule has 2 fully saturated rings. The zero-order chi connectivity index (χ0) is 17.4. The molecular weight excluding hydrogens is 312 g/mol.